The number of rotatable bonds is 8. The Morgan fingerprint density at radius 2 is 2.06 bits per heavy atom. The molecular formula is C14H27N3. The van der Waals surface area contributed by atoms with E-state index in [-0.39, 0.29) is 0 Å². The molecule has 1 N–H and O–H groups in total. The fourth-order valence-corrected chi connectivity index (χ4v) is 2.02. The van der Waals surface area contributed by atoms with Gasteiger partial charge in [0.05, 0.1) is 6.20 Å². The number of aromatic nitrogens is 2. The molecule has 0 unspecified atom stereocenters. The van der Waals surface area contributed by atoms with Crippen molar-refractivity contribution in [3.63, 3.8) is 0 Å². The fraction of sp³-hybridized carbons (Fsp3) is 0.786. The number of nitrogens with zero attached hydrogens (tertiary/aromatic N) is 2. The maximum Gasteiger partial charge on any atom is 0.0537 e. The van der Waals surface area contributed by atoms with Crippen molar-refractivity contribution in [2.45, 2.75) is 60.0 Å². The van der Waals surface area contributed by atoms with Gasteiger partial charge in [0.25, 0.3) is 0 Å². The highest BCUT2D eigenvalue weighted by molar-refractivity contribution is 5.18. The molecule has 0 amide bonds. The zero-order valence-electron chi connectivity index (χ0n) is 11.8. The summed E-state index contributed by atoms with van der Waals surface area (Å²) in [6.07, 6.45) is 5.51. The molecule has 0 saturated carbocycles. The van der Waals surface area contributed by atoms with Gasteiger partial charge in [0.15, 0.2) is 0 Å². The van der Waals surface area contributed by atoms with Crippen LogP contribution in [-0.4, -0.2) is 16.3 Å². The lowest BCUT2D eigenvalue weighted by atomic mass is 10.1. The van der Waals surface area contributed by atoms with Crippen molar-refractivity contribution >= 4 is 0 Å². The summed E-state index contributed by atoms with van der Waals surface area (Å²) in [6, 6.07) is 0. The lowest BCUT2D eigenvalue weighted by Gasteiger charge is -2.10. The van der Waals surface area contributed by atoms with Crippen molar-refractivity contribution in [2.75, 3.05) is 6.54 Å². The predicted molar refractivity (Wildman–Crippen MR) is 73.1 cm³/mol. The van der Waals surface area contributed by atoms with E-state index in [2.05, 4.69) is 42.8 Å². The standard InChI is InChI=1S/C14H27N3/c1-5-7-14-13(10-15-9-12(3)4)11-16-17(14)8-6-2/h11-12,15H,5-10H2,1-4H3. The topological polar surface area (TPSA) is 29.9 Å². The summed E-state index contributed by atoms with van der Waals surface area (Å²) in [7, 11) is 0. The third-order valence-electron chi connectivity index (χ3n) is 2.83. The zero-order valence-corrected chi connectivity index (χ0v) is 11.8. The van der Waals surface area contributed by atoms with Gasteiger partial charge in [0.2, 0.25) is 0 Å². The van der Waals surface area contributed by atoms with Gasteiger partial charge in [-0.15, -0.1) is 0 Å². The van der Waals surface area contributed by atoms with E-state index < -0.39 is 0 Å². The first kappa shape index (κ1) is 14.2. The highest BCUT2D eigenvalue weighted by atomic mass is 15.3. The summed E-state index contributed by atoms with van der Waals surface area (Å²) in [5.41, 5.74) is 2.80. The average molecular weight is 237 g/mol. The molecule has 3 heteroatoms. The van der Waals surface area contributed by atoms with Crippen LogP contribution in [0.3, 0.4) is 0 Å². The first-order valence-corrected chi connectivity index (χ1v) is 6.93. The first-order valence-electron chi connectivity index (χ1n) is 6.93. The zero-order chi connectivity index (χ0) is 12.7. The molecule has 3 nitrogen and oxygen atoms in total. The van der Waals surface area contributed by atoms with Crippen LogP contribution < -0.4 is 5.32 Å². The Balaban J connectivity index is 2.63. The Morgan fingerprint density at radius 1 is 1.29 bits per heavy atom. The summed E-state index contributed by atoms with van der Waals surface area (Å²) in [4.78, 5) is 0. The molecule has 0 aromatic carbocycles. The van der Waals surface area contributed by atoms with Crippen LogP contribution in [-0.2, 0) is 19.5 Å². The average Bonchev–Trinajstić information content (AvgIpc) is 2.63. The molecule has 0 aliphatic rings. The summed E-state index contributed by atoms with van der Waals surface area (Å²) in [6.45, 7) is 12.0. The maximum atomic E-state index is 4.50. The van der Waals surface area contributed by atoms with Crippen LogP contribution in [0.5, 0.6) is 0 Å². The van der Waals surface area contributed by atoms with Crippen LogP contribution >= 0.6 is 0 Å². The molecule has 1 heterocycles. The lowest BCUT2D eigenvalue weighted by Crippen LogP contribution is -2.19. The van der Waals surface area contributed by atoms with Gasteiger partial charge >= 0.3 is 0 Å². The van der Waals surface area contributed by atoms with Gasteiger partial charge in [-0.1, -0.05) is 34.1 Å². The number of nitrogens with one attached hydrogen (secondary N) is 1. The largest absolute Gasteiger partial charge is 0.312 e. The van der Waals surface area contributed by atoms with Crippen molar-refractivity contribution < 1.29 is 0 Å². The molecule has 17 heavy (non-hydrogen) atoms. The van der Waals surface area contributed by atoms with Crippen LogP contribution in [0.15, 0.2) is 6.20 Å². The predicted octanol–water partition coefficient (Wildman–Crippen LogP) is 2.99. The van der Waals surface area contributed by atoms with Crippen LogP contribution in [0.25, 0.3) is 0 Å². The highest BCUT2D eigenvalue weighted by Crippen LogP contribution is 2.12. The van der Waals surface area contributed by atoms with E-state index in [0.717, 1.165) is 32.5 Å². The van der Waals surface area contributed by atoms with Gasteiger partial charge in [-0.05, 0) is 25.3 Å². The molecule has 1 aromatic rings. The van der Waals surface area contributed by atoms with Gasteiger partial charge in [-0.25, -0.2) is 0 Å². The molecule has 1 aromatic heterocycles. The van der Waals surface area contributed by atoms with E-state index in [4.69, 9.17) is 0 Å². The first-order chi connectivity index (χ1) is 8.19. The summed E-state index contributed by atoms with van der Waals surface area (Å²) >= 11 is 0. The molecule has 0 fully saturated rings. The van der Waals surface area contributed by atoms with Gasteiger partial charge < -0.3 is 5.32 Å². The molecule has 98 valence electrons. The molecular weight excluding hydrogens is 210 g/mol. The van der Waals surface area contributed by atoms with Crippen LogP contribution in [0.4, 0.5) is 0 Å². The number of hydrogen-bond acceptors (Lipinski definition) is 2. The Bertz CT molecular complexity index is 315. The van der Waals surface area contributed by atoms with E-state index in [1.165, 1.54) is 17.7 Å². The minimum Gasteiger partial charge on any atom is -0.312 e. The normalized spacial score (nSPS) is 11.4. The summed E-state index contributed by atoms with van der Waals surface area (Å²) in [5.74, 6) is 0.704. The second-order valence-corrected chi connectivity index (χ2v) is 5.11. The third-order valence-corrected chi connectivity index (χ3v) is 2.83. The van der Waals surface area contributed by atoms with Gasteiger partial charge in [-0.2, -0.15) is 5.10 Å². The lowest BCUT2D eigenvalue weighted by molar-refractivity contribution is 0.544. The van der Waals surface area contributed by atoms with Crippen molar-refractivity contribution in [2.24, 2.45) is 5.92 Å². The maximum absolute atomic E-state index is 4.50. The third kappa shape index (κ3) is 4.50. The van der Waals surface area contributed by atoms with Crippen molar-refractivity contribution in [1.82, 2.24) is 15.1 Å². The molecule has 0 atom stereocenters. The monoisotopic (exact) mass is 237 g/mol. The Kier molecular flexibility index (Phi) is 6.27. The van der Waals surface area contributed by atoms with E-state index in [1.54, 1.807) is 0 Å². The highest BCUT2D eigenvalue weighted by Gasteiger charge is 2.09. The van der Waals surface area contributed by atoms with Gasteiger partial charge in [0, 0.05) is 24.3 Å². The Hall–Kier alpha value is -0.830. The molecule has 0 spiro atoms. The van der Waals surface area contributed by atoms with Crippen molar-refractivity contribution in [3.8, 4) is 0 Å². The van der Waals surface area contributed by atoms with Crippen molar-refractivity contribution in [3.05, 3.63) is 17.5 Å². The second kappa shape index (κ2) is 7.49. The smallest absolute Gasteiger partial charge is 0.0537 e. The van der Waals surface area contributed by atoms with Crippen LogP contribution in [0.1, 0.15) is 51.8 Å². The number of aryl methyl sites for hydroxylation is 1. The molecule has 0 radical (unpaired) electrons. The summed E-state index contributed by atoms with van der Waals surface area (Å²) < 4.78 is 2.18. The Labute approximate surface area is 106 Å². The Morgan fingerprint density at radius 3 is 2.65 bits per heavy atom. The van der Waals surface area contributed by atoms with E-state index >= 15 is 0 Å². The fourth-order valence-electron chi connectivity index (χ4n) is 2.02. The van der Waals surface area contributed by atoms with Gasteiger partial charge in [-0.3, -0.25) is 4.68 Å². The van der Waals surface area contributed by atoms with E-state index in [9.17, 15) is 0 Å². The molecule has 0 bridgehead atoms. The van der Waals surface area contributed by atoms with Crippen molar-refractivity contribution in [1.29, 1.82) is 0 Å². The molecule has 0 aliphatic heterocycles. The van der Waals surface area contributed by atoms with Gasteiger partial charge in [0.1, 0.15) is 0 Å². The SMILES string of the molecule is CCCc1c(CNCC(C)C)cnn1CCC. The minimum atomic E-state index is 0.704. The molecule has 0 aliphatic carbocycles. The van der Waals surface area contributed by atoms with E-state index in [1.807, 2.05) is 6.20 Å². The molecule has 0 saturated heterocycles. The second-order valence-electron chi connectivity index (χ2n) is 5.11. The van der Waals surface area contributed by atoms with E-state index in [0.29, 0.717) is 5.92 Å². The number of hydrogen-bond donors (Lipinski definition) is 1. The van der Waals surface area contributed by atoms with Crippen LogP contribution in [0.2, 0.25) is 0 Å². The molecule has 1 rings (SSSR count). The quantitative estimate of drug-likeness (QED) is 0.753. The summed E-state index contributed by atoms with van der Waals surface area (Å²) in [5, 5.41) is 8.00. The van der Waals surface area contributed by atoms with Crippen LogP contribution in [0, 0.1) is 5.92 Å². The minimum absolute atomic E-state index is 0.704.